The zero-order valence-corrected chi connectivity index (χ0v) is 10.3. The van der Waals surface area contributed by atoms with Gasteiger partial charge in [-0.1, -0.05) is 13.8 Å². The van der Waals surface area contributed by atoms with Crippen molar-refractivity contribution >= 4 is 5.96 Å². The zero-order valence-electron chi connectivity index (χ0n) is 10.3. The third-order valence-electron chi connectivity index (χ3n) is 2.90. The Hall–Kier alpha value is -0.770. The molecule has 0 fully saturated rings. The first-order chi connectivity index (χ1) is 6.99. The molecule has 0 saturated carbocycles. The van der Waals surface area contributed by atoms with Crippen molar-refractivity contribution in [2.24, 2.45) is 16.6 Å². The Morgan fingerprint density at radius 2 is 2.27 bits per heavy atom. The maximum Gasteiger partial charge on any atom is 0.191 e. The second-order valence-electron chi connectivity index (χ2n) is 4.92. The fraction of sp³-hybridized carbons (Fsp3) is 0.909. The highest BCUT2D eigenvalue weighted by Crippen LogP contribution is 2.25. The number of hydrogen-bond donors (Lipinski definition) is 1. The van der Waals surface area contributed by atoms with Crippen LogP contribution in [0.1, 0.15) is 27.2 Å². The first-order valence-electron chi connectivity index (χ1n) is 5.56. The van der Waals surface area contributed by atoms with Crippen LogP contribution in [0.5, 0.6) is 0 Å². The lowest BCUT2D eigenvalue weighted by Crippen LogP contribution is -2.51. The van der Waals surface area contributed by atoms with Gasteiger partial charge in [0.1, 0.15) is 0 Å². The van der Waals surface area contributed by atoms with Crippen LogP contribution in [0.4, 0.5) is 0 Å². The van der Waals surface area contributed by atoms with Gasteiger partial charge in [-0.15, -0.1) is 0 Å². The maximum atomic E-state index is 5.91. The first kappa shape index (κ1) is 12.3. The van der Waals surface area contributed by atoms with Gasteiger partial charge in [0.2, 0.25) is 0 Å². The lowest BCUT2D eigenvalue weighted by Gasteiger charge is -2.37. The van der Waals surface area contributed by atoms with Crippen molar-refractivity contribution in [2.75, 3.05) is 26.8 Å². The van der Waals surface area contributed by atoms with Crippen LogP contribution in [0.2, 0.25) is 0 Å². The van der Waals surface area contributed by atoms with Gasteiger partial charge in [0, 0.05) is 20.3 Å². The number of guanidine groups is 1. The summed E-state index contributed by atoms with van der Waals surface area (Å²) in [6.45, 7) is 9.11. The quantitative estimate of drug-likeness (QED) is 0.743. The Balaban J connectivity index is 2.64. The van der Waals surface area contributed by atoms with Gasteiger partial charge in [0.05, 0.1) is 12.1 Å². The van der Waals surface area contributed by atoms with Crippen molar-refractivity contribution in [1.29, 1.82) is 0 Å². The highest BCUT2D eigenvalue weighted by atomic mass is 16.5. The van der Waals surface area contributed by atoms with Gasteiger partial charge in [-0.25, -0.2) is 0 Å². The van der Waals surface area contributed by atoms with Crippen molar-refractivity contribution < 1.29 is 4.74 Å². The third kappa shape index (κ3) is 2.84. The summed E-state index contributed by atoms with van der Waals surface area (Å²) in [6, 6.07) is 0. The molecule has 1 atom stereocenters. The number of aliphatic imine (C=N–C) groups is 1. The molecule has 1 heterocycles. The number of ether oxygens (including phenoxy) is 1. The van der Waals surface area contributed by atoms with Crippen LogP contribution in [0.3, 0.4) is 0 Å². The number of nitrogens with zero attached hydrogens (tertiary/aromatic N) is 2. The van der Waals surface area contributed by atoms with E-state index in [4.69, 9.17) is 10.5 Å². The molecule has 15 heavy (non-hydrogen) atoms. The average Bonchev–Trinajstić information content (AvgIpc) is 2.43. The largest absolute Gasteiger partial charge is 0.385 e. The summed E-state index contributed by atoms with van der Waals surface area (Å²) in [5.74, 6) is 1.28. The SMILES string of the molecule is COCCC1(C)CN=C(N)N1CC(C)C. The van der Waals surface area contributed by atoms with Gasteiger partial charge in [0.15, 0.2) is 5.96 Å². The van der Waals surface area contributed by atoms with Gasteiger partial charge in [0.25, 0.3) is 0 Å². The molecule has 2 N–H and O–H groups in total. The average molecular weight is 213 g/mol. The fourth-order valence-electron chi connectivity index (χ4n) is 1.91. The van der Waals surface area contributed by atoms with Gasteiger partial charge in [-0.3, -0.25) is 4.99 Å². The molecule has 0 saturated heterocycles. The Kier molecular flexibility index (Phi) is 3.97. The molecule has 0 aromatic rings. The molecule has 0 amide bonds. The Bertz CT molecular complexity index is 240. The van der Waals surface area contributed by atoms with Gasteiger partial charge in [-0.2, -0.15) is 0 Å². The smallest absolute Gasteiger partial charge is 0.191 e. The summed E-state index contributed by atoms with van der Waals surface area (Å²) in [6.07, 6.45) is 0.973. The van der Waals surface area contributed by atoms with Crippen LogP contribution in [0.15, 0.2) is 4.99 Å². The molecule has 0 aliphatic carbocycles. The van der Waals surface area contributed by atoms with Crippen molar-refractivity contribution in [3.8, 4) is 0 Å². The van der Waals surface area contributed by atoms with E-state index in [2.05, 4.69) is 30.7 Å². The molecule has 0 spiro atoms. The van der Waals surface area contributed by atoms with E-state index in [1.165, 1.54) is 0 Å². The molecule has 1 unspecified atom stereocenters. The van der Waals surface area contributed by atoms with Crippen LogP contribution in [-0.4, -0.2) is 43.2 Å². The van der Waals surface area contributed by atoms with Crippen molar-refractivity contribution in [2.45, 2.75) is 32.7 Å². The molecule has 4 heteroatoms. The molecule has 1 rings (SSSR count). The maximum absolute atomic E-state index is 5.91. The van der Waals surface area contributed by atoms with Gasteiger partial charge >= 0.3 is 0 Å². The molecular weight excluding hydrogens is 190 g/mol. The predicted octanol–water partition coefficient (Wildman–Crippen LogP) is 1.07. The Labute approximate surface area is 92.5 Å². The minimum absolute atomic E-state index is 0.0460. The second-order valence-corrected chi connectivity index (χ2v) is 4.92. The molecule has 1 aliphatic rings. The summed E-state index contributed by atoms with van der Waals surface area (Å²) in [5, 5.41) is 0. The van der Waals surface area contributed by atoms with Crippen LogP contribution < -0.4 is 5.73 Å². The number of nitrogens with two attached hydrogens (primary N) is 1. The monoisotopic (exact) mass is 213 g/mol. The standard InChI is InChI=1S/C11H23N3O/c1-9(2)7-14-10(12)13-8-11(14,3)5-6-15-4/h9H,5-8H2,1-4H3,(H2,12,13). The molecule has 0 aromatic heterocycles. The van der Waals surface area contributed by atoms with E-state index in [0.29, 0.717) is 11.9 Å². The number of methoxy groups -OCH3 is 1. The molecule has 88 valence electrons. The predicted molar refractivity (Wildman–Crippen MR) is 62.9 cm³/mol. The van der Waals surface area contributed by atoms with Crippen LogP contribution in [0, 0.1) is 5.92 Å². The summed E-state index contributed by atoms with van der Waals surface area (Å²) in [5.41, 5.74) is 5.96. The Morgan fingerprint density at radius 3 is 2.80 bits per heavy atom. The summed E-state index contributed by atoms with van der Waals surface area (Å²) < 4.78 is 5.14. The highest BCUT2D eigenvalue weighted by molar-refractivity contribution is 5.80. The normalized spacial score (nSPS) is 26.2. The van der Waals surface area contributed by atoms with Crippen molar-refractivity contribution in [3.63, 3.8) is 0 Å². The lowest BCUT2D eigenvalue weighted by atomic mass is 9.96. The molecule has 0 aromatic carbocycles. The van der Waals surface area contributed by atoms with E-state index in [1.807, 2.05) is 0 Å². The molecule has 0 bridgehead atoms. The zero-order chi connectivity index (χ0) is 11.5. The highest BCUT2D eigenvalue weighted by Gasteiger charge is 2.37. The number of rotatable bonds is 5. The van der Waals surface area contributed by atoms with E-state index >= 15 is 0 Å². The van der Waals surface area contributed by atoms with E-state index in [1.54, 1.807) is 7.11 Å². The third-order valence-corrected chi connectivity index (χ3v) is 2.90. The minimum Gasteiger partial charge on any atom is -0.385 e. The topological polar surface area (TPSA) is 50.9 Å². The van der Waals surface area contributed by atoms with E-state index < -0.39 is 0 Å². The molecule has 1 aliphatic heterocycles. The van der Waals surface area contributed by atoms with Gasteiger partial charge in [-0.05, 0) is 19.3 Å². The van der Waals surface area contributed by atoms with Crippen molar-refractivity contribution in [1.82, 2.24) is 4.90 Å². The molecule has 4 nitrogen and oxygen atoms in total. The lowest BCUT2D eigenvalue weighted by molar-refractivity contribution is 0.121. The van der Waals surface area contributed by atoms with Crippen molar-refractivity contribution in [3.05, 3.63) is 0 Å². The summed E-state index contributed by atoms with van der Waals surface area (Å²) in [7, 11) is 1.73. The van der Waals surface area contributed by atoms with Crippen LogP contribution in [0.25, 0.3) is 0 Å². The van der Waals surface area contributed by atoms with E-state index in [9.17, 15) is 0 Å². The fourth-order valence-corrected chi connectivity index (χ4v) is 1.91. The second kappa shape index (κ2) is 4.84. The minimum atomic E-state index is 0.0460. The Morgan fingerprint density at radius 1 is 1.60 bits per heavy atom. The molecular formula is C11H23N3O. The summed E-state index contributed by atoms with van der Waals surface area (Å²) in [4.78, 5) is 6.56. The first-order valence-corrected chi connectivity index (χ1v) is 5.56. The van der Waals surface area contributed by atoms with E-state index in [-0.39, 0.29) is 5.54 Å². The van der Waals surface area contributed by atoms with Gasteiger partial charge < -0.3 is 15.4 Å². The van der Waals surface area contributed by atoms with Crippen LogP contribution in [-0.2, 0) is 4.74 Å². The van der Waals surface area contributed by atoms with Crippen LogP contribution >= 0.6 is 0 Å². The molecule has 0 radical (unpaired) electrons. The van der Waals surface area contributed by atoms with E-state index in [0.717, 1.165) is 26.1 Å². The summed E-state index contributed by atoms with van der Waals surface area (Å²) >= 11 is 0. The number of hydrogen-bond acceptors (Lipinski definition) is 4.